The smallest absolute Gasteiger partial charge is 0.238 e. The number of amides is 1. The van der Waals surface area contributed by atoms with Crippen molar-refractivity contribution in [3.63, 3.8) is 0 Å². The third kappa shape index (κ3) is 4.12. The molecular formula is C22H27ClN6O. The summed E-state index contributed by atoms with van der Waals surface area (Å²) in [5.41, 5.74) is 2.70. The molecule has 1 atom stereocenters. The third-order valence-electron chi connectivity index (χ3n) is 5.76. The van der Waals surface area contributed by atoms with Gasteiger partial charge in [0, 0.05) is 32.6 Å². The van der Waals surface area contributed by atoms with Gasteiger partial charge in [-0.05, 0) is 24.8 Å². The molecule has 1 saturated heterocycles. The van der Waals surface area contributed by atoms with Crippen LogP contribution in [0.2, 0.25) is 5.02 Å². The van der Waals surface area contributed by atoms with Crippen molar-refractivity contribution in [2.45, 2.75) is 38.0 Å². The number of guanidine groups is 1. The van der Waals surface area contributed by atoms with Crippen LogP contribution >= 0.6 is 11.6 Å². The van der Waals surface area contributed by atoms with Crippen molar-refractivity contribution in [2.75, 3.05) is 31.6 Å². The quantitative estimate of drug-likeness (QED) is 0.784. The van der Waals surface area contributed by atoms with Gasteiger partial charge in [0.1, 0.15) is 0 Å². The highest BCUT2D eigenvalue weighted by Crippen LogP contribution is 2.43. The Bertz CT molecular complexity index is 946. The lowest BCUT2D eigenvalue weighted by Crippen LogP contribution is -2.43. The molecule has 1 saturated carbocycles. The summed E-state index contributed by atoms with van der Waals surface area (Å²) in [6.07, 6.45) is 2.94. The second kappa shape index (κ2) is 8.60. The lowest BCUT2D eigenvalue weighted by molar-refractivity contribution is -0.127. The number of hydrogen-bond donors (Lipinski definition) is 2. The molecule has 1 aliphatic heterocycles. The van der Waals surface area contributed by atoms with E-state index in [2.05, 4.69) is 10.2 Å². The van der Waals surface area contributed by atoms with Gasteiger partial charge in [0.2, 0.25) is 11.9 Å². The maximum Gasteiger partial charge on any atom is 0.238 e. The van der Waals surface area contributed by atoms with Crippen molar-refractivity contribution in [1.82, 2.24) is 20.2 Å². The summed E-state index contributed by atoms with van der Waals surface area (Å²) in [6.45, 7) is 3.59. The van der Waals surface area contributed by atoms with Crippen LogP contribution in [-0.4, -0.2) is 53.4 Å². The highest BCUT2D eigenvalue weighted by atomic mass is 35.5. The average molecular weight is 427 g/mol. The Morgan fingerprint density at radius 2 is 1.97 bits per heavy atom. The molecule has 8 heteroatoms. The highest BCUT2D eigenvalue weighted by molar-refractivity contribution is 6.32. The lowest BCUT2D eigenvalue weighted by atomic mass is 9.97. The van der Waals surface area contributed by atoms with E-state index in [9.17, 15) is 4.79 Å². The van der Waals surface area contributed by atoms with Crippen molar-refractivity contribution in [3.8, 4) is 0 Å². The average Bonchev–Trinajstić information content (AvgIpc) is 3.60. The first-order valence-corrected chi connectivity index (χ1v) is 10.8. The predicted octanol–water partition coefficient (Wildman–Crippen LogP) is 3.16. The Hall–Kier alpha value is -2.67. The van der Waals surface area contributed by atoms with Crippen LogP contribution in [-0.2, 0) is 11.2 Å². The molecule has 1 aliphatic carbocycles. The highest BCUT2D eigenvalue weighted by Gasteiger charge is 2.33. The van der Waals surface area contributed by atoms with Gasteiger partial charge >= 0.3 is 0 Å². The number of hydrogen-bond acceptors (Lipinski definition) is 5. The number of rotatable bonds is 4. The number of nitrogens with zero attached hydrogens (tertiary/aromatic N) is 4. The van der Waals surface area contributed by atoms with Crippen LogP contribution in [0.4, 0.5) is 5.95 Å². The monoisotopic (exact) mass is 426 g/mol. The molecular weight excluding hydrogens is 400 g/mol. The number of halogens is 1. The number of carbonyl (C=O) groups is 1. The molecule has 2 N–H and O–H groups in total. The molecule has 2 heterocycles. The van der Waals surface area contributed by atoms with Gasteiger partial charge in [-0.15, -0.1) is 0 Å². The molecule has 0 bridgehead atoms. The molecule has 30 heavy (non-hydrogen) atoms. The molecule has 158 valence electrons. The molecule has 1 aromatic heterocycles. The Kier molecular flexibility index (Phi) is 5.90. The summed E-state index contributed by atoms with van der Waals surface area (Å²) in [7, 11) is 1.64. The van der Waals surface area contributed by atoms with Crippen LogP contribution in [0.25, 0.3) is 0 Å². The lowest BCUT2D eigenvalue weighted by Gasteiger charge is -2.28. The van der Waals surface area contributed by atoms with E-state index >= 15 is 0 Å². The number of aryl methyl sites for hydroxylation is 1. The summed E-state index contributed by atoms with van der Waals surface area (Å²) >= 11 is 6.58. The van der Waals surface area contributed by atoms with Gasteiger partial charge < -0.3 is 10.2 Å². The van der Waals surface area contributed by atoms with E-state index in [0.717, 1.165) is 36.2 Å². The number of anilines is 1. The van der Waals surface area contributed by atoms with E-state index in [-0.39, 0.29) is 11.9 Å². The fraction of sp³-hybridized carbons (Fsp3) is 0.455. The van der Waals surface area contributed by atoms with Gasteiger partial charge in [-0.2, -0.15) is 0 Å². The van der Waals surface area contributed by atoms with Crippen molar-refractivity contribution in [2.24, 2.45) is 0 Å². The minimum Gasteiger partial charge on any atom is -0.354 e. The standard InChI is InChI=1S/C22H27ClN6O/c1-3-17-18(23)19(15-9-10-15)27-22(26-17)29-12-11-25-21(24)28(2)20(30)16(13-29)14-7-5-4-6-8-14/h4-8,15-16H,3,9-13H2,1-2H3,(H2,24,25)/t16-/m1/s1. The Labute approximate surface area is 182 Å². The largest absolute Gasteiger partial charge is 0.354 e. The van der Waals surface area contributed by atoms with Gasteiger partial charge in [-0.3, -0.25) is 15.1 Å². The molecule has 0 radical (unpaired) electrons. The molecule has 2 aromatic rings. The minimum atomic E-state index is -0.426. The third-order valence-corrected chi connectivity index (χ3v) is 6.17. The Balaban J connectivity index is 1.74. The number of benzene rings is 1. The minimum absolute atomic E-state index is 0.104. The SMILES string of the molecule is CCc1nc(N2CCNC(=N)N(C)C(=O)[C@@H](c3ccccc3)C2)nc(C2CC2)c1Cl. The molecule has 2 fully saturated rings. The zero-order chi connectivity index (χ0) is 21.3. The number of carbonyl (C=O) groups excluding carboxylic acids is 1. The van der Waals surface area contributed by atoms with E-state index in [1.165, 1.54) is 4.90 Å². The van der Waals surface area contributed by atoms with Crippen molar-refractivity contribution >= 4 is 29.4 Å². The maximum atomic E-state index is 13.3. The van der Waals surface area contributed by atoms with E-state index in [1.807, 2.05) is 37.3 Å². The first kappa shape index (κ1) is 20.6. The zero-order valence-electron chi connectivity index (χ0n) is 17.4. The van der Waals surface area contributed by atoms with E-state index in [4.69, 9.17) is 27.0 Å². The van der Waals surface area contributed by atoms with Crippen LogP contribution in [0, 0.1) is 5.41 Å². The summed E-state index contributed by atoms with van der Waals surface area (Å²) in [4.78, 5) is 26.3. The first-order valence-electron chi connectivity index (χ1n) is 10.5. The van der Waals surface area contributed by atoms with Gasteiger partial charge in [-0.1, -0.05) is 48.9 Å². The molecule has 0 unspecified atom stereocenters. The number of likely N-dealkylation sites (N-methyl/N-ethyl adjacent to an activating group) is 1. The predicted molar refractivity (Wildman–Crippen MR) is 118 cm³/mol. The summed E-state index contributed by atoms with van der Waals surface area (Å²) in [6, 6.07) is 9.72. The van der Waals surface area contributed by atoms with E-state index in [1.54, 1.807) is 7.05 Å². The van der Waals surface area contributed by atoms with Crippen LogP contribution in [0.1, 0.15) is 48.6 Å². The van der Waals surface area contributed by atoms with Crippen LogP contribution in [0.5, 0.6) is 0 Å². The fourth-order valence-corrected chi connectivity index (χ4v) is 4.15. The molecule has 0 spiro atoms. The summed E-state index contributed by atoms with van der Waals surface area (Å²) in [5.74, 6) is 0.575. The van der Waals surface area contributed by atoms with Gasteiger partial charge in [0.15, 0.2) is 5.96 Å². The molecule has 4 rings (SSSR count). The van der Waals surface area contributed by atoms with E-state index < -0.39 is 5.92 Å². The second-order valence-electron chi connectivity index (χ2n) is 7.88. The molecule has 7 nitrogen and oxygen atoms in total. The van der Waals surface area contributed by atoms with Crippen LogP contribution < -0.4 is 10.2 Å². The summed E-state index contributed by atoms with van der Waals surface area (Å²) < 4.78 is 0. The topological polar surface area (TPSA) is 85.2 Å². The number of nitrogens with one attached hydrogen (secondary N) is 2. The summed E-state index contributed by atoms with van der Waals surface area (Å²) in [5, 5.41) is 11.9. The second-order valence-corrected chi connectivity index (χ2v) is 8.26. The molecule has 2 aliphatic rings. The van der Waals surface area contributed by atoms with Crippen molar-refractivity contribution < 1.29 is 4.79 Å². The normalized spacial score (nSPS) is 20.4. The Morgan fingerprint density at radius 3 is 2.63 bits per heavy atom. The van der Waals surface area contributed by atoms with Crippen LogP contribution in [0.15, 0.2) is 30.3 Å². The maximum absolute atomic E-state index is 13.3. The molecule has 1 aromatic carbocycles. The van der Waals surface area contributed by atoms with E-state index in [0.29, 0.717) is 36.5 Å². The van der Waals surface area contributed by atoms with Gasteiger partial charge in [0.05, 0.1) is 22.3 Å². The van der Waals surface area contributed by atoms with Gasteiger partial charge in [0.25, 0.3) is 0 Å². The first-order chi connectivity index (χ1) is 14.5. The zero-order valence-corrected chi connectivity index (χ0v) is 18.1. The van der Waals surface area contributed by atoms with Crippen molar-refractivity contribution in [1.29, 1.82) is 5.41 Å². The Morgan fingerprint density at radius 1 is 1.23 bits per heavy atom. The molecule has 1 amide bonds. The number of aromatic nitrogens is 2. The van der Waals surface area contributed by atoms with Crippen LogP contribution in [0.3, 0.4) is 0 Å². The van der Waals surface area contributed by atoms with Crippen molar-refractivity contribution in [3.05, 3.63) is 52.3 Å². The van der Waals surface area contributed by atoms with Gasteiger partial charge in [-0.25, -0.2) is 9.97 Å². The fourth-order valence-electron chi connectivity index (χ4n) is 3.78.